The number of aliphatic carboxylic acids is 1. The summed E-state index contributed by atoms with van der Waals surface area (Å²) in [6, 6.07) is 7.64. The van der Waals surface area contributed by atoms with E-state index in [-0.39, 0.29) is 13.0 Å². The van der Waals surface area contributed by atoms with Gasteiger partial charge in [-0.3, -0.25) is 4.79 Å². The minimum absolute atomic E-state index is 0.0598. The second-order valence-electron chi connectivity index (χ2n) is 4.05. The first-order valence-corrected chi connectivity index (χ1v) is 7.46. The van der Waals surface area contributed by atoms with Crippen molar-refractivity contribution in [1.82, 2.24) is 4.72 Å². The quantitative estimate of drug-likeness (QED) is 0.749. The van der Waals surface area contributed by atoms with E-state index in [2.05, 4.69) is 4.72 Å². The molecule has 0 heterocycles. The third-order valence-electron chi connectivity index (χ3n) is 2.45. The van der Waals surface area contributed by atoms with Crippen LogP contribution in [0.25, 0.3) is 6.08 Å². The van der Waals surface area contributed by atoms with Gasteiger partial charge in [-0.15, -0.1) is 0 Å². The van der Waals surface area contributed by atoms with Crippen molar-refractivity contribution in [3.63, 3.8) is 0 Å². The van der Waals surface area contributed by atoms with E-state index in [0.717, 1.165) is 5.41 Å². The van der Waals surface area contributed by atoms with Gasteiger partial charge in [0, 0.05) is 19.1 Å². The molecule has 0 saturated heterocycles. The molecule has 0 bridgehead atoms. The summed E-state index contributed by atoms with van der Waals surface area (Å²) in [4.78, 5) is 11.0. The number of carboxylic acid groups (broad SMARTS) is 1. The van der Waals surface area contributed by atoms with Gasteiger partial charge >= 0.3 is 5.97 Å². The Morgan fingerprint density at radius 2 is 2.05 bits per heavy atom. The van der Waals surface area contributed by atoms with E-state index < -0.39 is 22.0 Å². The number of methoxy groups -OCH3 is 1. The number of carboxylic acids is 1. The number of benzene rings is 1. The first-order chi connectivity index (χ1) is 9.44. The highest BCUT2D eigenvalue weighted by Crippen LogP contribution is 2.04. The number of rotatable bonds is 8. The van der Waals surface area contributed by atoms with Crippen molar-refractivity contribution in [2.75, 3.05) is 13.7 Å². The summed E-state index contributed by atoms with van der Waals surface area (Å²) in [6.45, 7) is 0.155. The van der Waals surface area contributed by atoms with Crippen molar-refractivity contribution < 1.29 is 23.1 Å². The Morgan fingerprint density at radius 1 is 1.40 bits per heavy atom. The third-order valence-corrected chi connectivity index (χ3v) is 3.56. The fourth-order valence-electron chi connectivity index (χ4n) is 1.44. The molecule has 1 unspecified atom stereocenters. The normalized spacial score (nSPS) is 13.4. The minimum Gasteiger partial charge on any atom is -0.480 e. The van der Waals surface area contributed by atoms with Crippen LogP contribution in [0.5, 0.6) is 0 Å². The van der Waals surface area contributed by atoms with Crippen LogP contribution in [0.2, 0.25) is 0 Å². The molecule has 0 aromatic heterocycles. The van der Waals surface area contributed by atoms with Crippen LogP contribution in [-0.2, 0) is 19.6 Å². The van der Waals surface area contributed by atoms with Gasteiger partial charge in [-0.2, -0.15) is 4.72 Å². The maximum atomic E-state index is 11.8. The highest BCUT2D eigenvalue weighted by molar-refractivity contribution is 7.92. The Hall–Kier alpha value is -1.70. The first kappa shape index (κ1) is 16.4. The van der Waals surface area contributed by atoms with E-state index >= 15 is 0 Å². The van der Waals surface area contributed by atoms with Gasteiger partial charge in [-0.25, -0.2) is 8.42 Å². The molecule has 1 aromatic rings. The number of sulfonamides is 1. The first-order valence-electron chi connectivity index (χ1n) is 5.92. The van der Waals surface area contributed by atoms with Crippen molar-refractivity contribution in [3.05, 3.63) is 41.3 Å². The standard InChI is InChI=1S/C13H17NO5S/c1-19-9-7-12(13(15)16)14-20(17,18)10-8-11-5-3-2-4-6-11/h2-6,8,10,12,14H,7,9H2,1H3,(H,15,16). The zero-order valence-electron chi connectivity index (χ0n) is 11.0. The Morgan fingerprint density at radius 3 is 2.60 bits per heavy atom. The number of hydrogen-bond acceptors (Lipinski definition) is 4. The molecular formula is C13H17NO5S. The van der Waals surface area contributed by atoms with Gasteiger partial charge in [-0.05, 0) is 18.1 Å². The summed E-state index contributed by atoms with van der Waals surface area (Å²) in [5.41, 5.74) is 0.710. The molecule has 0 aliphatic rings. The number of hydrogen-bond donors (Lipinski definition) is 2. The number of ether oxygens (including phenoxy) is 1. The molecular weight excluding hydrogens is 282 g/mol. The van der Waals surface area contributed by atoms with Crippen molar-refractivity contribution in [2.24, 2.45) is 0 Å². The lowest BCUT2D eigenvalue weighted by Gasteiger charge is -2.12. The van der Waals surface area contributed by atoms with Gasteiger partial charge in [0.15, 0.2) is 0 Å². The lowest BCUT2D eigenvalue weighted by Crippen LogP contribution is -2.40. The molecule has 0 radical (unpaired) electrons. The van der Waals surface area contributed by atoms with Gasteiger partial charge in [0.25, 0.3) is 0 Å². The minimum atomic E-state index is -3.82. The molecule has 0 fully saturated rings. The monoisotopic (exact) mass is 299 g/mol. The van der Waals surface area contributed by atoms with Crippen LogP contribution in [0.3, 0.4) is 0 Å². The zero-order chi connectivity index (χ0) is 15.0. The highest BCUT2D eigenvalue weighted by atomic mass is 32.2. The Labute approximate surface area is 118 Å². The van der Waals surface area contributed by atoms with Gasteiger partial charge in [0.1, 0.15) is 6.04 Å². The molecule has 0 aliphatic heterocycles. The largest absolute Gasteiger partial charge is 0.480 e. The third kappa shape index (κ3) is 5.96. The van der Waals surface area contributed by atoms with Crippen LogP contribution in [0.1, 0.15) is 12.0 Å². The Bertz CT molecular complexity index is 553. The lowest BCUT2D eigenvalue weighted by atomic mass is 10.2. The summed E-state index contributed by atoms with van der Waals surface area (Å²) in [5.74, 6) is -1.24. The SMILES string of the molecule is COCCC(NS(=O)(=O)C=Cc1ccccc1)C(=O)O. The molecule has 2 N–H and O–H groups in total. The van der Waals surface area contributed by atoms with Crippen LogP contribution in [0.4, 0.5) is 0 Å². The fourth-order valence-corrected chi connectivity index (χ4v) is 2.47. The smallest absolute Gasteiger partial charge is 0.321 e. The number of nitrogens with one attached hydrogen (secondary N) is 1. The summed E-state index contributed by atoms with van der Waals surface area (Å²) in [5, 5.41) is 9.89. The van der Waals surface area contributed by atoms with Crippen LogP contribution in [0, 0.1) is 0 Å². The van der Waals surface area contributed by atoms with E-state index in [4.69, 9.17) is 9.84 Å². The second-order valence-corrected chi connectivity index (χ2v) is 5.65. The maximum Gasteiger partial charge on any atom is 0.321 e. The predicted octanol–water partition coefficient (Wildman–Crippen LogP) is 1.07. The van der Waals surface area contributed by atoms with Gasteiger partial charge in [0.2, 0.25) is 10.0 Å². The number of carbonyl (C=O) groups is 1. The predicted molar refractivity (Wildman–Crippen MR) is 75.4 cm³/mol. The van der Waals surface area contributed by atoms with Gasteiger partial charge in [-0.1, -0.05) is 30.3 Å². The summed E-state index contributed by atoms with van der Waals surface area (Å²) >= 11 is 0. The van der Waals surface area contributed by atoms with E-state index in [1.807, 2.05) is 6.07 Å². The molecule has 6 nitrogen and oxygen atoms in total. The van der Waals surface area contributed by atoms with Crippen molar-refractivity contribution in [3.8, 4) is 0 Å². The van der Waals surface area contributed by atoms with Crippen molar-refractivity contribution in [2.45, 2.75) is 12.5 Å². The summed E-state index contributed by atoms with van der Waals surface area (Å²) in [7, 11) is -2.40. The topological polar surface area (TPSA) is 92.7 Å². The zero-order valence-corrected chi connectivity index (χ0v) is 11.8. The molecule has 0 saturated carbocycles. The summed E-state index contributed by atoms with van der Waals surface area (Å²) < 4.78 is 30.4. The van der Waals surface area contributed by atoms with Gasteiger partial charge in [0.05, 0.1) is 0 Å². The van der Waals surface area contributed by atoms with Crippen LogP contribution < -0.4 is 4.72 Å². The average Bonchev–Trinajstić information content (AvgIpc) is 2.42. The van der Waals surface area contributed by atoms with Crippen molar-refractivity contribution >= 4 is 22.1 Å². The van der Waals surface area contributed by atoms with E-state index in [1.165, 1.54) is 13.2 Å². The molecule has 7 heteroatoms. The van der Waals surface area contributed by atoms with Gasteiger partial charge < -0.3 is 9.84 Å². The molecule has 1 atom stereocenters. The highest BCUT2D eigenvalue weighted by Gasteiger charge is 2.21. The van der Waals surface area contributed by atoms with E-state index in [1.54, 1.807) is 24.3 Å². The summed E-state index contributed by atoms with van der Waals surface area (Å²) in [6.07, 6.45) is 1.46. The van der Waals surface area contributed by atoms with Crippen LogP contribution in [-0.4, -0.2) is 39.3 Å². The fraction of sp³-hybridized carbons (Fsp3) is 0.308. The molecule has 0 spiro atoms. The maximum absolute atomic E-state index is 11.8. The molecule has 1 rings (SSSR count). The van der Waals surface area contributed by atoms with E-state index in [0.29, 0.717) is 5.56 Å². The molecule has 0 aliphatic carbocycles. The van der Waals surface area contributed by atoms with Crippen molar-refractivity contribution in [1.29, 1.82) is 0 Å². The molecule has 1 aromatic carbocycles. The lowest BCUT2D eigenvalue weighted by molar-refractivity contribution is -0.139. The molecule has 20 heavy (non-hydrogen) atoms. The second kappa shape index (κ2) is 7.78. The van der Waals surface area contributed by atoms with Crippen LogP contribution in [0.15, 0.2) is 35.7 Å². The Kier molecular flexibility index (Phi) is 6.37. The molecule has 110 valence electrons. The molecule has 0 amide bonds. The Balaban J connectivity index is 2.72. The van der Waals surface area contributed by atoms with E-state index in [9.17, 15) is 13.2 Å². The average molecular weight is 299 g/mol. The van der Waals surface area contributed by atoms with Crippen LogP contribution >= 0.6 is 0 Å².